The molecule has 2 nitrogen and oxygen atoms in total. The molecule has 1 aromatic rings. The van der Waals surface area contributed by atoms with Crippen molar-refractivity contribution in [1.82, 2.24) is 5.32 Å². The molecule has 1 unspecified atom stereocenters. The highest BCUT2D eigenvalue weighted by molar-refractivity contribution is 5.55. The van der Waals surface area contributed by atoms with E-state index < -0.39 is 0 Å². The van der Waals surface area contributed by atoms with Gasteiger partial charge in [-0.3, -0.25) is 0 Å². The molecule has 1 rings (SSSR count). The van der Waals surface area contributed by atoms with Gasteiger partial charge >= 0.3 is 0 Å². The third-order valence-electron chi connectivity index (χ3n) is 3.48. The van der Waals surface area contributed by atoms with Gasteiger partial charge in [0.1, 0.15) is 5.82 Å². The van der Waals surface area contributed by atoms with Crippen molar-refractivity contribution in [3.63, 3.8) is 0 Å². The molecule has 0 saturated heterocycles. The molecule has 0 fully saturated rings. The van der Waals surface area contributed by atoms with E-state index >= 15 is 0 Å². The largest absolute Gasteiger partial charge is 0.369 e. The van der Waals surface area contributed by atoms with Crippen molar-refractivity contribution < 1.29 is 4.39 Å². The summed E-state index contributed by atoms with van der Waals surface area (Å²) in [4.78, 5) is 2.04. The smallest absolute Gasteiger partial charge is 0.146 e. The third kappa shape index (κ3) is 4.50. The Morgan fingerprint density at radius 2 is 1.95 bits per heavy atom. The van der Waals surface area contributed by atoms with Gasteiger partial charge in [0.2, 0.25) is 0 Å². The third-order valence-corrected chi connectivity index (χ3v) is 3.48. The van der Waals surface area contributed by atoms with Gasteiger partial charge in [0.25, 0.3) is 0 Å². The van der Waals surface area contributed by atoms with Gasteiger partial charge in [-0.05, 0) is 45.7 Å². The number of nitrogens with one attached hydrogen (secondary N) is 1. The molecule has 0 aliphatic heterocycles. The average molecular weight is 266 g/mol. The summed E-state index contributed by atoms with van der Waals surface area (Å²) in [5, 5.41) is 3.42. The molecule has 0 aliphatic carbocycles. The predicted molar refractivity (Wildman–Crippen MR) is 81.1 cm³/mol. The van der Waals surface area contributed by atoms with E-state index in [9.17, 15) is 4.39 Å². The number of hydrogen-bond acceptors (Lipinski definition) is 2. The van der Waals surface area contributed by atoms with E-state index in [1.54, 1.807) is 6.07 Å². The van der Waals surface area contributed by atoms with Crippen LogP contribution in [-0.2, 0) is 6.54 Å². The number of hydrogen-bond donors (Lipinski definition) is 1. The lowest BCUT2D eigenvalue weighted by atomic mass is 10.1. The normalized spacial score (nSPS) is 13.4. The molecule has 0 aliphatic rings. The molecule has 0 heterocycles. The van der Waals surface area contributed by atoms with Crippen LogP contribution in [0.5, 0.6) is 0 Å². The average Bonchev–Trinajstić information content (AvgIpc) is 2.33. The molecule has 1 aromatic carbocycles. The van der Waals surface area contributed by atoms with Crippen molar-refractivity contribution in [2.24, 2.45) is 0 Å². The van der Waals surface area contributed by atoms with Crippen LogP contribution in [0.1, 0.15) is 46.6 Å². The van der Waals surface area contributed by atoms with E-state index in [0.29, 0.717) is 18.3 Å². The maximum atomic E-state index is 14.1. The van der Waals surface area contributed by atoms with Gasteiger partial charge in [-0.25, -0.2) is 4.39 Å². The first-order chi connectivity index (χ1) is 8.76. The van der Waals surface area contributed by atoms with Crippen LogP contribution in [0.3, 0.4) is 0 Å². The molecule has 0 spiro atoms. The Bertz CT molecular complexity index is 410. The van der Waals surface area contributed by atoms with Crippen LogP contribution in [0.25, 0.3) is 0 Å². The Hall–Kier alpha value is -1.09. The van der Waals surface area contributed by atoms with Gasteiger partial charge in [0.15, 0.2) is 0 Å². The molecule has 0 saturated carbocycles. The van der Waals surface area contributed by atoms with Gasteiger partial charge in [-0.2, -0.15) is 0 Å². The highest BCUT2D eigenvalue weighted by atomic mass is 19.1. The van der Waals surface area contributed by atoms with Crippen LogP contribution in [0.4, 0.5) is 10.1 Å². The minimum Gasteiger partial charge on any atom is -0.369 e. The predicted octanol–water partition coefficient (Wildman–Crippen LogP) is 3.95. The molecule has 19 heavy (non-hydrogen) atoms. The van der Waals surface area contributed by atoms with Gasteiger partial charge in [0.05, 0.1) is 5.69 Å². The van der Waals surface area contributed by atoms with Gasteiger partial charge in [0, 0.05) is 25.2 Å². The monoisotopic (exact) mass is 266 g/mol. The molecular formula is C16H27FN2. The van der Waals surface area contributed by atoms with Gasteiger partial charge < -0.3 is 10.2 Å². The van der Waals surface area contributed by atoms with Crippen LogP contribution in [0.2, 0.25) is 0 Å². The van der Waals surface area contributed by atoms with Crippen molar-refractivity contribution in [3.05, 3.63) is 29.6 Å². The summed E-state index contributed by atoms with van der Waals surface area (Å²) in [5.74, 6) is -0.143. The quantitative estimate of drug-likeness (QED) is 0.868. The maximum Gasteiger partial charge on any atom is 0.146 e. The number of nitrogens with zero attached hydrogens (tertiary/aromatic N) is 1. The molecule has 0 bridgehead atoms. The van der Waals surface area contributed by atoms with Crippen molar-refractivity contribution in [1.29, 1.82) is 0 Å². The first-order valence-electron chi connectivity index (χ1n) is 7.01. The lowest BCUT2D eigenvalue weighted by molar-refractivity contribution is 0.423. The van der Waals surface area contributed by atoms with E-state index in [1.165, 1.54) is 6.07 Å². The fourth-order valence-corrected chi connectivity index (χ4v) is 1.95. The molecule has 0 radical (unpaired) electrons. The first-order valence-corrected chi connectivity index (χ1v) is 7.01. The van der Waals surface area contributed by atoms with E-state index in [4.69, 9.17) is 0 Å². The molecule has 3 heteroatoms. The second-order valence-corrected chi connectivity index (χ2v) is 6.22. The van der Waals surface area contributed by atoms with Crippen LogP contribution in [0.15, 0.2) is 18.2 Å². The van der Waals surface area contributed by atoms with Crippen LogP contribution in [0, 0.1) is 5.82 Å². The minimum absolute atomic E-state index is 0.0263. The summed E-state index contributed by atoms with van der Waals surface area (Å²) >= 11 is 0. The summed E-state index contributed by atoms with van der Waals surface area (Å²) in [6, 6.07) is 5.64. The van der Waals surface area contributed by atoms with Crippen LogP contribution in [-0.4, -0.2) is 18.6 Å². The topological polar surface area (TPSA) is 15.3 Å². The number of benzene rings is 1. The fraction of sp³-hybridized carbons (Fsp3) is 0.625. The fourth-order valence-electron chi connectivity index (χ4n) is 1.95. The van der Waals surface area contributed by atoms with Crippen molar-refractivity contribution in [2.75, 3.05) is 11.9 Å². The number of anilines is 1. The van der Waals surface area contributed by atoms with E-state index in [0.717, 1.165) is 12.0 Å². The maximum absolute atomic E-state index is 14.1. The molecule has 108 valence electrons. The Morgan fingerprint density at radius 3 is 2.47 bits per heavy atom. The molecule has 1 N–H and O–H groups in total. The summed E-state index contributed by atoms with van der Waals surface area (Å²) in [7, 11) is 1.97. The summed E-state index contributed by atoms with van der Waals surface area (Å²) < 4.78 is 14.1. The highest BCUT2D eigenvalue weighted by Gasteiger charge is 2.18. The Labute approximate surface area is 117 Å². The number of para-hydroxylation sites is 1. The second kappa shape index (κ2) is 6.38. The zero-order chi connectivity index (χ0) is 14.6. The van der Waals surface area contributed by atoms with Crippen molar-refractivity contribution >= 4 is 5.69 Å². The van der Waals surface area contributed by atoms with E-state index in [1.807, 2.05) is 18.0 Å². The van der Waals surface area contributed by atoms with Gasteiger partial charge in [-0.15, -0.1) is 0 Å². The number of rotatable bonds is 5. The SMILES string of the molecule is CCC(C)N(C)c1c(F)cccc1CNC(C)(C)C. The molecule has 1 atom stereocenters. The van der Waals surface area contributed by atoms with Gasteiger partial charge in [-0.1, -0.05) is 19.1 Å². The summed E-state index contributed by atoms with van der Waals surface area (Å²) in [6.45, 7) is 11.3. The van der Waals surface area contributed by atoms with Crippen molar-refractivity contribution in [3.8, 4) is 0 Å². The van der Waals surface area contributed by atoms with E-state index in [2.05, 4.69) is 39.9 Å². The standard InChI is InChI=1S/C16H27FN2/c1-7-12(2)19(6)15-13(9-8-10-14(15)17)11-18-16(3,4)5/h8-10,12,18H,7,11H2,1-6H3. The zero-order valence-corrected chi connectivity index (χ0v) is 13.0. The Morgan fingerprint density at radius 1 is 1.32 bits per heavy atom. The lowest BCUT2D eigenvalue weighted by Gasteiger charge is -2.30. The Kier molecular flexibility index (Phi) is 5.36. The Balaban J connectivity index is 3.01. The van der Waals surface area contributed by atoms with Crippen LogP contribution < -0.4 is 10.2 Å². The number of halogens is 1. The second-order valence-electron chi connectivity index (χ2n) is 6.22. The summed E-state index contributed by atoms with van der Waals surface area (Å²) in [6.07, 6.45) is 0.997. The summed E-state index contributed by atoms with van der Waals surface area (Å²) in [5.41, 5.74) is 1.75. The van der Waals surface area contributed by atoms with Crippen molar-refractivity contribution in [2.45, 2.75) is 59.2 Å². The van der Waals surface area contributed by atoms with Crippen LogP contribution >= 0.6 is 0 Å². The van der Waals surface area contributed by atoms with E-state index in [-0.39, 0.29) is 11.4 Å². The zero-order valence-electron chi connectivity index (χ0n) is 13.0. The molecule has 0 amide bonds. The first kappa shape index (κ1) is 16.0. The minimum atomic E-state index is -0.143. The molecular weight excluding hydrogens is 239 g/mol. The lowest BCUT2D eigenvalue weighted by Crippen LogP contribution is -2.36. The molecule has 0 aromatic heterocycles. The highest BCUT2D eigenvalue weighted by Crippen LogP contribution is 2.26.